The SMILES string of the molecule is COc1ccc(C([NH-])(c2ccc(OC)cc2)[C@@H]([NH-])C(C)C)cc1.FB(F)F.[Cl][Ru+2].[F-].c1ccc([PH+](c2ccccc2)c2ccc3ccccc3c2-c2c([PH+](c3ccccc3)c3ccccc3)ccc3ccccc23)cc1. The Kier molecular flexibility index (Phi) is 22.4. The van der Waals surface area contributed by atoms with E-state index < -0.39 is 35.0 Å². The van der Waals surface area contributed by atoms with Crippen molar-refractivity contribution in [2.75, 3.05) is 14.2 Å². The van der Waals surface area contributed by atoms with E-state index in [1.807, 2.05) is 79.7 Å². The third-order valence-electron chi connectivity index (χ3n) is 13.1. The predicted molar refractivity (Wildman–Crippen MR) is 316 cm³/mol. The van der Waals surface area contributed by atoms with Gasteiger partial charge in [-0.1, -0.05) is 194 Å². The fraction of sp³-hybridized carbons (Fsp3) is 0.111. The van der Waals surface area contributed by atoms with Gasteiger partial charge in [-0.2, -0.15) is 0 Å². The molecule has 0 amide bonds. The molecule has 0 aromatic heterocycles. The minimum absolute atomic E-state index is 0. The van der Waals surface area contributed by atoms with Crippen LogP contribution in [0, 0.1) is 5.92 Å². The number of ether oxygens (including phenoxy) is 2. The zero-order chi connectivity index (χ0) is 53.3. The molecule has 0 spiro atoms. The second kappa shape index (κ2) is 28.8. The summed E-state index contributed by atoms with van der Waals surface area (Å²) in [4.78, 5) is 0. The van der Waals surface area contributed by atoms with Crippen molar-refractivity contribution in [1.82, 2.24) is 0 Å². The maximum Gasteiger partial charge on any atom is 0.111 e. The van der Waals surface area contributed by atoms with Gasteiger partial charge in [-0.3, -0.25) is 12.9 Å². The summed E-state index contributed by atoms with van der Waals surface area (Å²) in [5.74, 6) is 1.55. The molecule has 0 saturated heterocycles. The van der Waals surface area contributed by atoms with Gasteiger partial charge >= 0.3 is 34.5 Å². The predicted octanol–water partition coefficient (Wildman–Crippen LogP) is 12.3. The van der Waals surface area contributed by atoms with Gasteiger partial charge in [-0.15, -0.1) is 6.04 Å². The Hall–Kier alpha value is -6.20. The van der Waals surface area contributed by atoms with Gasteiger partial charge in [0.25, 0.3) is 0 Å². The minimum Gasteiger partial charge on any atom is -1.00 e. The van der Waals surface area contributed by atoms with E-state index in [0.29, 0.717) is 0 Å². The van der Waals surface area contributed by atoms with Crippen LogP contribution >= 0.6 is 25.5 Å². The summed E-state index contributed by atoms with van der Waals surface area (Å²) >= 11 is 1.82. The number of halogens is 5. The molecule has 0 bridgehead atoms. The summed E-state index contributed by atoms with van der Waals surface area (Å²) in [7, 11) is 1.40. The van der Waals surface area contributed by atoms with Crippen molar-refractivity contribution < 1.29 is 44.4 Å². The van der Waals surface area contributed by atoms with Crippen LogP contribution in [0.5, 0.6) is 11.5 Å². The quantitative estimate of drug-likeness (QED) is 0.0656. The molecule has 10 aromatic rings. The molecule has 0 unspecified atom stereocenters. The molecule has 0 fully saturated rings. The maximum absolute atomic E-state index is 9.67. The summed E-state index contributed by atoms with van der Waals surface area (Å²) in [6, 6.07) is 86.5. The van der Waals surface area contributed by atoms with E-state index in [9.17, 15) is 12.9 Å². The molecule has 76 heavy (non-hydrogen) atoms. The summed E-state index contributed by atoms with van der Waals surface area (Å²) < 4.78 is 39.4. The molecule has 0 aliphatic carbocycles. The second-order valence-electron chi connectivity index (χ2n) is 17.9. The van der Waals surface area contributed by atoms with Gasteiger partial charge in [-0.05, 0) is 106 Å². The van der Waals surface area contributed by atoms with Crippen molar-refractivity contribution in [3.05, 3.63) is 265 Å². The smallest absolute Gasteiger partial charge is 0.111 e. The van der Waals surface area contributed by atoms with E-state index in [0.717, 1.165) is 22.6 Å². The molecule has 0 heterocycles. The molecule has 1 atom stereocenters. The second-order valence-corrected chi connectivity index (χ2v) is 22.8. The molecule has 10 aromatic carbocycles. The zero-order valence-corrected chi connectivity index (χ0v) is 46.9. The number of rotatable bonds is 13. The molecular weight excluding hydrogens is 1100 g/mol. The molecule has 10 rings (SSSR count). The fourth-order valence-electron chi connectivity index (χ4n) is 9.61. The fourth-order valence-corrected chi connectivity index (χ4v) is 15.1. The van der Waals surface area contributed by atoms with Gasteiger partial charge in [0, 0.05) is 11.1 Å². The number of nitrogens with one attached hydrogen (secondary N) is 2. The Morgan fingerprint density at radius 2 is 0.724 bits per heavy atom. The van der Waals surface area contributed by atoms with E-state index >= 15 is 0 Å². The Labute approximate surface area is 461 Å². The summed E-state index contributed by atoms with van der Waals surface area (Å²) in [5.41, 5.74) is 20.9. The molecule has 0 aliphatic heterocycles. The molecule has 4 nitrogen and oxygen atoms in total. The molecule has 2 N–H and O–H groups in total. The van der Waals surface area contributed by atoms with Gasteiger partial charge in [0.05, 0.1) is 30.1 Å². The maximum atomic E-state index is 9.67. The van der Waals surface area contributed by atoms with Crippen LogP contribution in [0.25, 0.3) is 44.1 Å². The van der Waals surface area contributed by atoms with Crippen molar-refractivity contribution in [3.63, 3.8) is 0 Å². The van der Waals surface area contributed by atoms with Gasteiger partial charge in [0.15, 0.2) is 0 Å². The zero-order valence-electron chi connectivity index (χ0n) is 42.4. The first-order valence-electron chi connectivity index (χ1n) is 24.3. The average molecular weight is 1160 g/mol. The van der Waals surface area contributed by atoms with E-state index in [4.69, 9.17) is 20.9 Å². The monoisotopic (exact) mass is 1160 g/mol. The topological polar surface area (TPSA) is 66.1 Å². The van der Waals surface area contributed by atoms with Crippen molar-refractivity contribution in [2.45, 2.75) is 25.4 Å². The largest absolute Gasteiger partial charge is 1.00 e. The number of hydrogen-bond acceptors (Lipinski definition) is 2. The molecule has 0 saturated carbocycles. The van der Waals surface area contributed by atoms with E-state index in [-0.39, 0.29) is 10.6 Å². The number of fused-ring (bicyclic) bond motifs is 2. The third kappa shape index (κ3) is 13.8. The van der Waals surface area contributed by atoms with Gasteiger partial charge < -0.3 is 25.6 Å². The first kappa shape index (κ1) is 59.0. The molecule has 387 valence electrons. The Morgan fingerprint density at radius 1 is 0.447 bits per heavy atom. The molecular formula is C63H58BClF4N2O2P2Ru+. The van der Waals surface area contributed by atoms with E-state index in [1.165, 1.54) is 64.5 Å². The summed E-state index contributed by atoms with van der Waals surface area (Å²) in [5, 5.41) is 13.6. The van der Waals surface area contributed by atoms with Crippen molar-refractivity contribution in [2.24, 2.45) is 5.92 Å². The molecule has 13 heteroatoms. The van der Waals surface area contributed by atoms with Crippen molar-refractivity contribution in [1.29, 1.82) is 0 Å². The number of hydrogen-bond donors (Lipinski definition) is 0. The Bertz CT molecular complexity index is 3050. The normalized spacial score (nSPS) is 11.3. The van der Waals surface area contributed by atoms with Gasteiger partial charge in [0.2, 0.25) is 0 Å². The Morgan fingerprint density at radius 3 is 1.00 bits per heavy atom. The van der Waals surface area contributed by atoms with Crippen LogP contribution in [-0.2, 0) is 22.9 Å². The van der Waals surface area contributed by atoms with Gasteiger partial charge in [0.1, 0.15) is 43.3 Å². The van der Waals surface area contributed by atoms with Crippen molar-refractivity contribution >= 4 is 86.5 Å². The standard InChI is InChI=1S/C44H32P2.C19H24N2O2.BF3.ClH.FH.Ru/c1-5-19-35(20-6-1)45(36-21-7-2-8-22-36)41-31-29-33-17-13-15-27-39(33)43(41)44-40-28-16-14-18-34(40)30-32-42(44)46(37-23-9-3-10-24-37)38-25-11-4-12-26-38;1-13(2)18(20)19(21,14-5-9-16(22-3)10-6-14)15-7-11-17(23-4)12-8-15;2-1(3)4;;;/h1-32H;5-13,18,20-21H,1-4H3;;2*1H;/q;-2;;;;+3/t;18-;;;;/m.0..../s1. The van der Waals surface area contributed by atoms with Crippen LogP contribution in [0.1, 0.15) is 25.0 Å². The van der Waals surface area contributed by atoms with E-state index in [1.54, 1.807) is 14.2 Å². The summed E-state index contributed by atoms with van der Waals surface area (Å²) in [6.45, 7) is 3.96. The first-order valence-corrected chi connectivity index (χ1v) is 29.6. The first-order chi connectivity index (χ1) is 36.5. The Balaban J connectivity index is 0.000000263. The van der Waals surface area contributed by atoms with Crippen LogP contribution in [0.3, 0.4) is 0 Å². The van der Waals surface area contributed by atoms with Crippen LogP contribution in [0.2, 0.25) is 0 Å². The minimum atomic E-state index is -3.67. The third-order valence-corrected chi connectivity index (χ3v) is 18.7. The van der Waals surface area contributed by atoms with Crippen LogP contribution in [-0.4, -0.2) is 27.8 Å². The van der Waals surface area contributed by atoms with Crippen molar-refractivity contribution in [3.8, 4) is 22.6 Å². The molecule has 0 aliphatic rings. The summed E-state index contributed by atoms with van der Waals surface area (Å²) in [6.07, 6.45) is 0. The average Bonchev–Trinajstić information content (AvgIpc) is 3.49. The number of benzene rings is 10. The van der Waals surface area contributed by atoms with Crippen LogP contribution < -0.4 is 46.0 Å². The molecule has 0 radical (unpaired) electrons. The number of methoxy groups -OCH3 is 2. The van der Waals surface area contributed by atoms with Crippen LogP contribution in [0.15, 0.2) is 243 Å². The van der Waals surface area contributed by atoms with E-state index in [2.05, 4.69) is 204 Å². The van der Waals surface area contributed by atoms with Crippen LogP contribution in [0.4, 0.5) is 12.9 Å². The van der Waals surface area contributed by atoms with Gasteiger partial charge in [-0.25, -0.2) is 0 Å².